The standard InChI is InChI=1S/C56H35N.C52H35N/c1-2-15-37(16-3-1)53-46-24-8-10-26-48(46)54(49-27-11-9-25-47(49)53)43-21-12-19-39(33-43)40-20-13-22-44(34-40)57-51-30-28-36-14-6-7-23-45(36)55(51)56-50-35-41-18-5-4-17-38(41)32-42(50)29-31-52(56)57;1-32-29-48(33(2)28-44(32)50-42-22-12-10-20-40(42)49(35-15-4-3-5-16-35)41-21-11-13-23-43(41)50)53-46-26-24-34-14-8-9-19-39(34)51(46)52-45-31-37-18-7-6-17-36(37)30-38(45)25-27-47(52)53/h1-35H;3-31H,1-2H3. The highest BCUT2D eigenvalue weighted by Gasteiger charge is 2.25. The Hall–Kier alpha value is -14.2. The first-order valence-electron chi connectivity index (χ1n) is 38.3. The average molecular weight is 1400 g/mol. The van der Waals surface area contributed by atoms with Crippen molar-refractivity contribution in [3.05, 3.63) is 399 Å². The molecule has 2 nitrogen and oxygen atoms in total. The second-order valence-electron chi connectivity index (χ2n) is 29.8. The fourth-order valence-electron chi connectivity index (χ4n) is 18.8. The van der Waals surface area contributed by atoms with Crippen LogP contribution in [0, 0.1) is 13.8 Å². The molecule has 0 bridgehead atoms. The Morgan fingerprint density at radius 2 is 0.491 bits per heavy atom. The molecule has 0 unspecified atom stereocenters. The number of nitrogens with zero attached hydrogens (tertiary/aromatic N) is 2. The smallest absolute Gasteiger partial charge is 0.0547 e. The van der Waals surface area contributed by atoms with Gasteiger partial charge in [-0.2, -0.15) is 0 Å². The highest BCUT2D eigenvalue weighted by Crippen LogP contribution is 2.50. The van der Waals surface area contributed by atoms with E-state index in [-0.39, 0.29) is 0 Å². The topological polar surface area (TPSA) is 9.86 Å². The average Bonchev–Trinajstić information content (AvgIpc) is 1.16. The lowest BCUT2D eigenvalue weighted by atomic mass is 9.84. The van der Waals surface area contributed by atoms with Gasteiger partial charge >= 0.3 is 0 Å². The monoisotopic (exact) mass is 1390 g/mol. The third-order valence-corrected chi connectivity index (χ3v) is 23.6. The summed E-state index contributed by atoms with van der Waals surface area (Å²) in [5.74, 6) is 0. The molecule has 2 heteroatoms. The fourth-order valence-corrected chi connectivity index (χ4v) is 18.8. The Morgan fingerprint density at radius 1 is 0.173 bits per heavy atom. The number of hydrogen-bond donors (Lipinski definition) is 0. The summed E-state index contributed by atoms with van der Waals surface area (Å²) in [5.41, 5.74) is 22.3. The summed E-state index contributed by atoms with van der Waals surface area (Å²) < 4.78 is 5.00. The van der Waals surface area contributed by atoms with Crippen LogP contribution in [0.5, 0.6) is 0 Å². The molecule has 23 rings (SSSR count). The number of benzene rings is 21. The molecule has 2 aromatic heterocycles. The van der Waals surface area contributed by atoms with E-state index in [4.69, 9.17) is 0 Å². The van der Waals surface area contributed by atoms with Gasteiger partial charge < -0.3 is 9.13 Å². The van der Waals surface area contributed by atoms with Crippen LogP contribution < -0.4 is 0 Å². The van der Waals surface area contributed by atoms with E-state index < -0.39 is 0 Å². The first-order chi connectivity index (χ1) is 54.4. The van der Waals surface area contributed by atoms with Gasteiger partial charge in [0, 0.05) is 32.9 Å². The molecule has 21 aromatic carbocycles. The van der Waals surface area contributed by atoms with Crippen molar-refractivity contribution in [3.63, 3.8) is 0 Å². The Kier molecular flexibility index (Phi) is 14.5. The van der Waals surface area contributed by atoms with E-state index in [1.54, 1.807) is 0 Å². The first kappa shape index (κ1) is 63.1. The van der Waals surface area contributed by atoms with Crippen molar-refractivity contribution in [2.45, 2.75) is 13.8 Å². The summed E-state index contributed by atoms with van der Waals surface area (Å²) in [6.45, 7) is 4.58. The third-order valence-electron chi connectivity index (χ3n) is 23.6. The minimum absolute atomic E-state index is 1.15. The summed E-state index contributed by atoms with van der Waals surface area (Å²) in [5, 5.41) is 30.7. The maximum absolute atomic E-state index is 2.52. The van der Waals surface area contributed by atoms with Gasteiger partial charge in [-0.05, 0) is 267 Å². The summed E-state index contributed by atoms with van der Waals surface area (Å²) in [7, 11) is 0. The molecule has 110 heavy (non-hydrogen) atoms. The lowest BCUT2D eigenvalue weighted by Crippen LogP contribution is -2.00. The van der Waals surface area contributed by atoms with Gasteiger partial charge in [0.25, 0.3) is 0 Å². The molecule has 0 saturated carbocycles. The zero-order chi connectivity index (χ0) is 72.7. The van der Waals surface area contributed by atoms with Gasteiger partial charge in [-0.25, -0.2) is 0 Å². The van der Waals surface area contributed by atoms with E-state index >= 15 is 0 Å². The van der Waals surface area contributed by atoms with Crippen molar-refractivity contribution in [1.29, 1.82) is 0 Å². The maximum Gasteiger partial charge on any atom is 0.0547 e. The van der Waals surface area contributed by atoms with Gasteiger partial charge in [0.1, 0.15) is 0 Å². The third kappa shape index (κ3) is 9.89. The molecule has 0 aliphatic rings. The SMILES string of the molecule is Cc1cc(-n2c3ccc4ccccc4c3c3c4cc5ccccc5cc4ccc32)c(C)cc1-c1c2ccccc2c(-c2ccccc2)c2ccccc12.c1ccc(-c2c3ccccc3c(-c3cccc(-c4cccc(-n5c6ccc7ccccc7c6c6c7cc8ccccc8cc7ccc65)c4)c3)c3ccccc23)cc1. The molecule has 0 N–H and O–H groups in total. The zero-order valence-electron chi connectivity index (χ0n) is 60.8. The number of aryl methyl sites for hydroxylation is 2. The van der Waals surface area contributed by atoms with Crippen LogP contribution in [-0.4, -0.2) is 9.13 Å². The Bertz CT molecular complexity index is 7670. The van der Waals surface area contributed by atoms with Crippen LogP contribution in [0.15, 0.2) is 388 Å². The summed E-state index contributed by atoms with van der Waals surface area (Å²) in [6.07, 6.45) is 0. The molecule has 0 spiro atoms. The Morgan fingerprint density at radius 3 is 0.936 bits per heavy atom. The Labute approximate surface area is 636 Å². The van der Waals surface area contributed by atoms with E-state index in [0.29, 0.717) is 0 Å². The second-order valence-corrected chi connectivity index (χ2v) is 29.8. The van der Waals surface area contributed by atoms with Crippen molar-refractivity contribution in [3.8, 4) is 67.0 Å². The number of fused-ring (bicyclic) bond motifs is 20. The van der Waals surface area contributed by atoms with Crippen LogP contribution in [0.4, 0.5) is 0 Å². The zero-order valence-corrected chi connectivity index (χ0v) is 60.8. The summed E-state index contributed by atoms with van der Waals surface area (Å²) in [6, 6.07) is 143. The molecule has 0 saturated heterocycles. The van der Waals surface area contributed by atoms with Gasteiger partial charge in [-0.1, -0.05) is 309 Å². The van der Waals surface area contributed by atoms with Crippen molar-refractivity contribution in [1.82, 2.24) is 9.13 Å². The number of rotatable bonds is 7. The maximum atomic E-state index is 2.52. The van der Waals surface area contributed by atoms with Crippen LogP contribution in [0.1, 0.15) is 11.1 Å². The minimum atomic E-state index is 1.15. The van der Waals surface area contributed by atoms with Crippen LogP contribution in [0.25, 0.3) is 218 Å². The van der Waals surface area contributed by atoms with Crippen LogP contribution >= 0.6 is 0 Å². The first-order valence-corrected chi connectivity index (χ1v) is 38.3. The molecular weight excluding hydrogens is 1330 g/mol. The molecule has 0 amide bonds. The molecule has 0 radical (unpaired) electrons. The van der Waals surface area contributed by atoms with Gasteiger partial charge in [0.05, 0.1) is 22.1 Å². The molecule has 512 valence electrons. The highest BCUT2D eigenvalue weighted by atomic mass is 15.0. The van der Waals surface area contributed by atoms with E-state index in [1.807, 2.05) is 0 Å². The van der Waals surface area contributed by atoms with Crippen molar-refractivity contribution >= 4 is 151 Å². The van der Waals surface area contributed by atoms with E-state index in [9.17, 15) is 0 Å². The Balaban J connectivity index is 0.000000136. The van der Waals surface area contributed by atoms with Crippen molar-refractivity contribution < 1.29 is 0 Å². The quantitative estimate of drug-likeness (QED) is 0.141. The van der Waals surface area contributed by atoms with E-state index in [0.717, 1.165) is 5.69 Å². The molecule has 0 fully saturated rings. The van der Waals surface area contributed by atoms with Gasteiger partial charge in [-0.15, -0.1) is 0 Å². The number of aromatic nitrogens is 2. The van der Waals surface area contributed by atoms with Crippen molar-refractivity contribution in [2.75, 3.05) is 0 Å². The predicted octanol–water partition coefficient (Wildman–Crippen LogP) is 30.1. The summed E-state index contributed by atoms with van der Waals surface area (Å²) in [4.78, 5) is 0. The van der Waals surface area contributed by atoms with Gasteiger partial charge in [0.2, 0.25) is 0 Å². The van der Waals surface area contributed by atoms with Crippen LogP contribution in [-0.2, 0) is 0 Å². The van der Waals surface area contributed by atoms with Crippen molar-refractivity contribution in [2.24, 2.45) is 0 Å². The fraction of sp³-hybridized carbons (Fsp3) is 0.0185. The second kappa shape index (κ2) is 25.2. The molecule has 0 atom stereocenters. The number of hydrogen-bond acceptors (Lipinski definition) is 0. The lowest BCUT2D eigenvalue weighted by Gasteiger charge is -2.21. The van der Waals surface area contributed by atoms with Gasteiger partial charge in [0.15, 0.2) is 0 Å². The molecular formula is C108H70N2. The molecule has 2 heterocycles. The van der Waals surface area contributed by atoms with E-state index in [2.05, 4.69) is 411 Å². The normalized spacial score (nSPS) is 11.9. The van der Waals surface area contributed by atoms with Crippen LogP contribution in [0.2, 0.25) is 0 Å². The minimum Gasteiger partial charge on any atom is -0.309 e. The highest BCUT2D eigenvalue weighted by molar-refractivity contribution is 6.32. The largest absolute Gasteiger partial charge is 0.309 e. The van der Waals surface area contributed by atoms with Gasteiger partial charge in [-0.3, -0.25) is 0 Å². The molecule has 0 aliphatic heterocycles. The predicted molar refractivity (Wildman–Crippen MR) is 473 cm³/mol. The summed E-state index contributed by atoms with van der Waals surface area (Å²) >= 11 is 0. The molecule has 0 aliphatic carbocycles. The van der Waals surface area contributed by atoms with Crippen LogP contribution in [0.3, 0.4) is 0 Å². The lowest BCUT2D eigenvalue weighted by molar-refractivity contribution is 1.14. The van der Waals surface area contributed by atoms with E-state index in [1.165, 1.54) is 224 Å². The molecule has 23 aromatic rings.